The fourth-order valence-electron chi connectivity index (χ4n) is 2.53. The average Bonchev–Trinajstić information content (AvgIpc) is 2.63. The number of nitrogens with one attached hydrogen (secondary N) is 2. The summed E-state index contributed by atoms with van der Waals surface area (Å²) >= 11 is 2.90. The second kappa shape index (κ2) is 4.76. The molecule has 0 unspecified atom stereocenters. The molecule has 2 aromatic rings. The molecule has 0 aliphatic carbocycles. The van der Waals surface area contributed by atoms with Crippen LogP contribution in [0, 0.1) is 6.92 Å². The van der Waals surface area contributed by atoms with Crippen LogP contribution in [-0.2, 0) is 5.41 Å². The van der Waals surface area contributed by atoms with Gasteiger partial charge in [-0.1, -0.05) is 32.0 Å². The van der Waals surface area contributed by atoms with E-state index >= 15 is 0 Å². The number of amides is 1. The van der Waals surface area contributed by atoms with Crippen LogP contribution in [0.4, 0.5) is 4.79 Å². The standard InChI is InChI=1S/C14H17BrN2O/c1-9-12(14(2,3)8-16-13(15)18)10-6-4-5-7-11(10)17-9/h4-7,17H,8H2,1-3H3,(H,16,18). The first-order chi connectivity index (χ1) is 8.42. The first kappa shape index (κ1) is 13.1. The molecule has 0 fully saturated rings. The Labute approximate surface area is 115 Å². The molecule has 2 N–H and O–H groups in total. The van der Waals surface area contributed by atoms with Crippen LogP contribution in [0.5, 0.6) is 0 Å². The number of hydrogen-bond acceptors (Lipinski definition) is 1. The van der Waals surface area contributed by atoms with E-state index in [1.54, 1.807) is 0 Å². The number of halogens is 1. The lowest BCUT2D eigenvalue weighted by molar-refractivity contribution is 0.259. The molecule has 1 aromatic heterocycles. The van der Waals surface area contributed by atoms with E-state index in [9.17, 15) is 4.79 Å². The number of fused-ring (bicyclic) bond motifs is 1. The highest BCUT2D eigenvalue weighted by atomic mass is 79.9. The molecule has 0 atom stereocenters. The predicted octanol–water partition coefficient (Wildman–Crippen LogP) is 3.86. The van der Waals surface area contributed by atoms with Gasteiger partial charge in [0.05, 0.1) is 0 Å². The Bertz CT molecular complexity index is 586. The van der Waals surface area contributed by atoms with Crippen LogP contribution < -0.4 is 5.32 Å². The number of aryl methyl sites for hydroxylation is 1. The summed E-state index contributed by atoms with van der Waals surface area (Å²) in [5.41, 5.74) is 3.44. The van der Waals surface area contributed by atoms with Crippen molar-refractivity contribution in [2.45, 2.75) is 26.2 Å². The monoisotopic (exact) mass is 308 g/mol. The van der Waals surface area contributed by atoms with Gasteiger partial charge < -0.3 is 10.3 Å². The van der Waals surface area contributed by atoms with Crippen LogP contribution in [0.2, 0.25) is 0 Å². The summed E-state index contributed by atoms with van der Waals surface area (Å²) in [6.07, 6.45) is 0. The zero-order chi connectivity index (χ0) is 13.3. The lowest BCUT2D eigenvalue weighted by Crippen LogP contribution is -2.34. The van der Waals surface area contributed by atoms with Crippen molar-refractivity contribution in [2.75, 3.05) is 6.54 Å². The maximum atomic E-state index is 11.0. The second-order valence-corrected chi connectivity index (χ2v) is 5.90. The van der Waals surface area contributed by atoms with Gasteiger partial charge in [0.1, 0.15) is 0 Å². The molecule has 1 amide bonds. The summed E-state index contributed by atoms with van der Waals surface area (Å²) in [6, 6.07) is 8.25. The molecule has 0 spiro atoms. The zero-order valence-corrected chi connectivity index (χ0v) is 12.4. The Morgan fingerprint density at radius 3 is 2.72 bits per heavy atom. The highest BCUT2D eigenvalue weighted by Crippen LogP contribution is 2.32. The lowest BCUT2D eigenvalue weighted by Gasteiger charge is -2.25. The molecule has 4 heteroatoms. The molecule has 1 heterocycles. The minimum atomic E-state index is -0.173. The van der Waals surface area contributed by atoms with Crippen LogP contribution in [-0.4, -0.2) is 16.3 Å². The molecule has 2 rings (SSSR count). The van der Waals surface area contributed by atoms with Crippen molar-refractivity contribution < 1.29 is 4.79 Å². The van der Waals surface area contributed by atoms with E-state index in [1.165, 1.54) is 10.9 Å². The minimum Gasteiger partial charge on any atom is -0.358 e. The van der Waals surface area contributed by atoms with Crippen LogP contribution in [0.1, 0.15) is 25.1 Å². The lowest BCUT2D eigenvalue weighted by atomic mass is 9.82. The first-order valence-corrected chi connectivity index (χ1v) is 6.72. The summed E-state index contributed by atoms with van der Waals surface area (Å²) in [5.74, 6) is 0. The maximum absolute atomic E-state index is 11.0. The van der Waals surface area contributed by atoms with Gasteiger partial charge >= 0.3 is 0 Å². The Kier molecular flexibility index (Phi) is 3.48. The minimum absolute atomic E-state index is 0.118. The van der Waals surface area contributed by atoms with E-state index < -0.39 is 0 Å². The number of benzene rings is 1. The zero-order valence-electron chi connectivity index (χ0n) is 10.8. The van der Waals surface area contributed by atoms with Gasteiger partial charge in [-0.3, -0.25) is 4.79 Å². The van der Waals surface area contributed by atoms with Crippen molar-refractivity contribution in [3.63, 3.8) is 0 Å². The Morgan fingerprint density at radius 1 is 1.39 bits per heavy atom. The third-order valence-electron chi connectivity index (χ3n) is 3.24. The topological polar surface area (TPSA) is 44.9 Å². The number of rotatable bonds is 3. The number of carbonyl (C=O) groups is 1. The number of hydrogen-bond donors (Lipinski definition) is 2. The average molecular weight is 309 g/mol. The van der Waals surface area contributed by atoms with E-state index in [0.29, 0.717) is 6.54 Å². The predicted molar refractivity (Wildman–Crippen MR) is 78.4 cm³/mol. The van der Waals surface area contributed by atoms with Crippen molar-refractivity contribution in [3.8, 4) is 0 Å². The molecule has 0 saturated carbocycles. The fourth-order valence-corrected chi connectivity index (χ4v) is 2.67. The highest BCUT2D eigenvalue weighted by molar-refractivity contribution is 9.18. The maximum Gasteiger partial charge on any atom is 0.287 e. The second-order valence-electron chi connectivity index (χ2n) is 5.18. The van der Waals surface area contributed by atoms with Crippen LogP contribution >= 0.6 is 15.9 Å². The number of aromatic amines is 1. The fraction of sp³-hybridized carbons (Fsp3) is 0.357. The number of H-pyrrole nitrogens is 1. The number of para-hydroxylation sites is 1. The summed E-state index contributed by atoms with van der Waals surface area (Å²) in [7, 11) is 0. The van der Waals surface area contributed by atoms with Crippen molar-refractivity contribution in [2.24, 2.45) is 0 Å². The molecule has 3 nitrogen and oxygen atoms in total. The van der Waals surface area contributed by atoms with Crippen LogP contribution in [0.3, 0.4) is 0 Å². The van der Waals surface area contributed by atoms with Gasteiger partial charge in [-0.2, -0.15) is 0 Å². The molecular weight excluding hydrogens is 292 g/mol. The van der Waals surface area contributed by atoms with Gasteiger partial charge in [-0.25, -0.2) is 0 Å². The van der Waals surface area contributed by atoms with Gasteiger partial charge in [0.2, 0.25) is 0 Å². The summed E-state index contributed by atoms with van der Waals surface area (Å²) in [6.45, 7) is 6.95. The molecule has 0 bridgehead atoms. The normalized spacial score (nSPS) is 11.8. The molecule has 0 saturated heterocycles. The van der Waals surface area contributed by atoms with Crippen LogP contribution in [0.25, 0.3) is 10.9 Å². The molecule has 18 heavy (non-hydrogen) atoms. The van der Waals surface area contributed by atoms with Crippen LogP contribution in [0.15, 0.2) is 24.3 Å². The Morgan fingerprint density at radius 2 is 2.06 bits per heavy atom. The molecule has 1 aromatic carbocycles. The van der Waals surface area contributed by atoms with Gasteiger partial charge in [-0.05, 0) is 18.6 Å². The number of carbonyl (C=O) groups excluding carboxylic acids is 1. The highest BCUT2D eigenvalue weighted by Gasteiger charge is 2.26. The molecule has 0 radical (unpaired) electrons. The Balaban J connectivity index is 2.45. The third-order valence-corrected chi connectivity index (χ3v) is 3.52. The molecule has 0 aliphatic rings. The van der Waals surface area contributed by atoms with Gasteiger partial charge in [0.25, 0.3) is 4.82 Å². The summed E-state index contributed by atoms with van der Waals surface area (Å²) < 4.78 is 0. The molecular formula is C14H17BrN2O. The van der Waals surface area contributed by atoms with E-state index in [0.717, 1.165) is 11.2 Å². The largest absolute Gasteiger partial charge is 0.358 e. The smallest absolute Gasteiger partial charge is 0.287 e. The van der Waals surface area contributed by atoms with Crippen molar-refractivity contribution in [3.05, 3.63) is 35.5 Å². The van der Waals surface area contributed by atoms with E-state index in [4.69, 9.17) is 0 Å². The van der Waals surface area contributed by atoms with Crippen molar-refractivity contribution in [1.29, 1.82) is 0 Å². The van der Waals surface area contributed by atoms with E-state index in [2.05, 4.69) is 59.1 Å². The van der Waals surface area contributed by atoms with Gasteiger partial charge in [0.15, 0.2) is 0 Å². The van der Waals surface area contributed by atoms with E-state index in [1.807, 2.05) is 12.1 Å². The summed E-state index contributed by atoms with van der Waals surface area (Å²) in [4.78, 5) is 14.2. The molecule has 0 aliphatic heterocycles. The molecule has 96 valence electrons. The quantitative estimate of drug-likeness (QED) is 0.656. The third kappa shape index (κ3) is 2.43. The Hall–Kier alpha value is -1.29. The van der Waals surface area contributed by atoms with E-state index in [-0.39, 0.29) is 10.2 Å². The van der Waals surface area contributed by atoms with Crippen molar-refractivity contribution in [1.82, 2.24) is 10.3 Å². The summed E-state index contributed by atoms with van der Waals surface area (Å²) in [5, 5.41) is 4.06. The van der Waals surface area contributed by atoms with Crippen molar-refractivity contribution >= 4 is 31.6 Å². The first-order valence-electron chi connectivity index (χ1n) is 5.93. The van der Waals surface area contributed by atoms with Gasteiger partial charge in [0, 0.05) is 44.5 Å². The number of aromatic nitrogens is 1. The van der Waals surface area contributed by atoms with Gasteiger partial charge in [-0.15, -0.1) is 0 Å². The SMILES string of the molecule is Cc1[nH]c2ccccc2c1C(C)(C)CNC(=O)Br.